The third-order valence-corrected chi connectivity index (χ3v) is 7.16. The zero-order chi connectivity index (χ0) is 26.9. The van der Waals surface area contributed by atoms with Crippen molar-refractivity contribution in [3.63, 3.8) is 0 Å². The topological polar surface area (TPSA) is 87.7 Å². The lowest BCUT2D eigenvalue weighted by atomic mass is 9.87. The number of methoxy groups -OCH3 is 1. The number of fused-ring (bicyclic) bond motifs is 1. The molecule has 2 aliphatic rings. The number of amides is 3. The van der Waals surface area contributed by atoms with Crippen molar-refractivity contribution >= 4 is 17.7 Å². The maximum atomic E-state index is 14.3. The van der Waals surface area contributed by atoms with Crippen LogP contribution in [0, 0.1) is 11.8 Å². The van der Waals surface area contributed by atoms with Crippen LogP contribution < -0.4 is 15.4 Å². The fourth-order valence-electron chi connectivity index (χ4n) is 5.54. The number of nitrogens with zero attached hydrogens (tertiary/aromatic N) is 1. The maximum absolute atomic E-state index is 14.3. The number of ether oxygens (including phenoxy) is 1. The third kappa shape index (κ3) is 5.81. The normalized spacial score (nSPS) is 21.0. The molecule has 1 fully saturated rings. The predicted octanol–water partition coefficient (Wildman–Crippen LogP) is 3.81. The van der Waals surface area contributed by atoms with Crippen LogP contribution in [0.15, 0.2) is 48.5 Å². The minimum Gasteiger partial charge on any atom is -0.497 e. The van der Waals surface area contributed by atoms with Gasteiger partial charge in [0.15, 0.2) is 0 Å². The number of hydrogen-bond donors (Lipinski definition) is 2. The van der Waals surface area contributed by atoms with Crippen molar-refractivity contribution in [2.45, 2.75) is 77.5 Å². The van der Waals surface area contributed by atoms with E-state index < -0.39 is 23.7 Å². The molecule has 37 heavy (non-hydrogen) atoms. The molecule has 7 nitrogen and oxygen atoms in total. The van der Waals surface area contributed by atoms with Gasteiger partial charge in [0.25, 0.3) is 0 Å². The molecule has 1 aliphatic heterocycles. The van der Waals surface area contributed by atoms with E-state index in [1.54, 1.807) is 36.3 Å². The summed E-state index contributed by atoms with van der Waals surface area (Å²) in [5.74, 6) is 0.0491. The molecule has 1 aliphatic carbocycles. The number of carbonyl (C=O) groups excluding carboxylic acids is 3. The molecule has 2 aromatic rings. The van der Waals surface area contributed by atoms with E-state index in [1.165, 1.54) is 11.1 Å². The zero-order valence-electron chi connectivity index (χ0n) is 22.7. The van der Waals surface area contributed by atoms with Gasteiger partial charge >= 0.3 is 0 Å². The average Bonchev–Trinajstić information content (AvgIpc) is 3.26. The van der Waals surface area contributed by atoms with Crippen LogP contribution in [0.2, 0.25) is 0 Å². The van der Waals surface area contributed by atoms with Crippen LogP contribution in [0.5, 0.6) is 5.75 Å². The summed E-state index contributed by atoms with van der Waals surface area (Å²) in [6.07, 6.45) is 1.90. The van der Waals surface area contributed by atoms with Gasteiger partial charge < -0.3 is 20.3 Å². The molecule has 0 spiro atoms. The Labute approximate surface area is 220 Å². The summed E-state index contributed by atoms with van der Waals surface area (Å²) >= 11 is 0. The summed E-state index contributed by atoms with van der Waals surface area (Å²) in [5.41, 5.74) is 2.56. The summed E-state index contributed by atoms with van der Waals surface area (Å²) in [6, 6.07) is 13.0. The number of nitrogens with one attached hydrogen (secondary N) is 2. The molecule has 2 aromatic carbocycles. The van der Waals surface area contributed by atoms with Crippen LogP contribution in [0.4, 0.5) is 0 Å². The Morgan fingerprint density at radius 1 is 1.05 bits per heavy atom. The molecule has 0 saturated carbocycles. The lowest BCUT2D eigenvalue weighted by molar-refractivity contribution is -0.158. The molecule has 7 heteroatoms. The van der Waals surface area contributed by atoms with Crippen molar-refractivity contribution in [2.24, 2.45) is 11.8 Å². The molecule has 1 heterocycles. The van der Waals surface area contributed by atoms with Crippen LogP contribution in [0.25, 0.3) is 0 Å². The van der Waals surface area contributed by atoms with Crippen molar-refractivity contribution in [1.82, 2.24) is 15.5 Å². The molecule has 4 rings (SSSR count). The molecule has 198 valence electrons. The quantitative estimate of drug-likeness (QED) is 0.599. The highest BCUT2D eigenvalue weighted by Crippen LogP contribution is 2.36. The first-order valence-electron chi connectivity index (χ1n) is 13.1. The van der Waals surface area contributed by atoms with Gasteiger partial charge in [-0.2, -0.15) is 0 Å². The van der Waals surface area contributed by atoms with E-state index in [2.05, 4.69) is 22.8 Å². The van der Waals surface area contributed by atoms with Crippen molar-refractivity contribution in [3.8, 4) is 5.75 Å². The Morgan fingerprint density at radius 2 is 1.65 bits per heavy atom. The first-order chi connectivity index (χ1) is 17.5. The Morgan fingerprint density at radius 3 is 2.16 bits per heavy atom. The second kappa shape index (κ2) is 10.6. The van der Waals surface area contributed by atoms with Gasteiger partial charge in [0.2, 0.25) is 17.7 Å². The number of rotatable bonds is 7. The predicted molar refractivity (Wildman–Crippen MR) is 143 cm³/mol. The van der Waals surface area contributed by atoms with E-state index in [9.17, 15) is 14.4 Å². The Kier molecular flexibility index (Phi) is 7.62. The smallest absolute Gasteiger partial charge is 0.247 e. The monoisotopic (exact) mass is 505 g/mol. The minimum atomic E-state index is -0.946. The maximum Gasteiger partial charge on any atom is 0.247 e. The fourth-order valence-corrected chi connectivity index (χ4v) is 5.54. The second-order valence-electron chi connectivity index (χ2n) is 11.7. The Hall–Kier alpha value is -3.35. The van der Waals surface area contributed by atoms with E-state index in [1.807, 2.05) is 46.8 Å². The Bertz CT molecular complexity index is 1130. The summed E-state index contributed by atoms with van der Waals surface area (Å²) < 4.78 is 5.32. The van der Waals surface area contributed by atoms with Crippen molar-refractivity contribution in [2.75, 3.05) is 7.11 Å². The molecule has 3 unspecified atom stereocenters. The number of carbonyl (C=O) groups is 3. The standard InChI is InChI=1S/C30H39N3O4/c1-18(2)15-24-27(34)31-25(22-16-20-9-7-8-10-21(20)17-22)29(36)33(24)26(28(35)32-30(3,4)5)19-11-13-23(37-6)14-12-19/h7-14,18,22,24-26H,15-17H2,1-6H3,(H,31,34)(H,32,35). The highest BCUT2D eigenvalue weighted by atomic mass is 16.5. The van der Waals surface area contributed by atoms with E-state index in [4.69, 9.17) is 4.74 Å². The van der Waals surface area contributed by atoms with Crippen LogP contribution >= 0.6 is 0 Å². The first kappa shape index (κ1) is 26.7. The summed E-state index contributed by atoms with van der Waals surface area (Å²) in [7, 11) is 1.58. The highest BCUT2D eigenvalue weighted by Gasteiger charge is 2.49. The fraction of sp³-hybridized carbons (Fsp3) is 0.500. The molecule has 3 atom stereocenters. The number of hydrogen-bond acceptors (Lipinski definition) is 4. The van der Waals surface area contributed by atoms with Crippen LogP contribution in [0.1, 0.15) is 63.8 Å². The van der Waals surface area contributed by atoms with Gasteiger partial charge in [-0.3, -0.25) is 14.4 Å². The van der Waals surface area contributed by atoms with E-state index in [-0.39, 0.29) is 29.6 Å². The van der Waals surface area contributed by atoms with Crippen LogP contribution in [-0.2, 0) is 27.2 Å². The lowest BCUT2D eigenvalue weighted by Crippen LogP contribution is -2.67. The van der Waals surface area contributed by atoms with Crippen LogP contribution in [-0.4, -0.2) is 47.4 Å². The molecule has 0 radical (unpaired) electrons. The van der Waals surface area contributed by atoms with Gasteiger partial charge in [-0.25, -0.2) is 0 Å². The van der Waals surface area contributed by atoms with E-state index in [0.717, 1.165) is 12.8 Å². The van der Waals surface area contributed by atoms with Crippen molar-refractivity contribution < 1.29 is 19.1 Å². The summed E-state index contributed by atoms with van der Waals surface area (Å²) in [4.78, 5) is 43.3. The van der Waals surface area contributed by atoms with Crippen molar-refractivity contribution in [3.05, 3.63) is 65.2 Å². The van der Waals surface area contributed by atoms with Gasteiger partial charge in [-0.05, 0) is 80.7 Å². The molecule has 0 bridgehead atoms. The highest BCUT2D eigenvalue weighted by molar-refractivity contribution is 6.00. The third-order valence-electron chi connectivity index (χ3n) is 7.16. The molecule has 3 amide bonds. The molecular formula is C30H39N3O4. The summed E-state index contributed by atoms with van der Waals surface area (Å²) in [5, 5.41) is 6.11. The van der Waals surface area contributed by atoms with Crippen molar-refractivity contribution in [1.29, 1.82) is 0 Å². The molecule has 0 aromatic heterocycles. The zero-order valence-corrected chi connectivity index (χ0v) is 22.7. The van der Waals surface area contributed by atoms with Crippen LogP contribution in [0.3, 0.4) is 0 Å². The molecule has 2 N–H and O–H groups in total. The average molecular weight is 506 g/mol. The van der Waals surface area contributed by atoms with Gasteiger partial charge in [0.1, 0.15) is 23.9 Å². The van der Waals surface area contributed by atoms with E-state index in [0.29, 0.717) is 17.7 Å². The largest absolute Gasteiger partial charge is 0.497 e. The number of benzene rings is 2. The molecule has 1 saturated heterocycles. The molecular weight excluding hydrogens is 466 g/mol. The van der Waals surface area contributed by atoms with Gasteiger partial charge in [-0.15, -0.1) is 0 Å². The Balaban J connectivity index is 1.76. The van der Waals surface area contributed by atoms with Gasteiger partial charge in [0.05, 0.1) is 7.11 Å². The minimum absolute atomic E-state index is 0.0569. The van der Waals surface area contributed by atoms with Gasteiger partial charge in [-0.1, -0.05) is 50.2 Å². The van der Waals surface area contributed by atoms with Gasteiger partial charge in [0, 0.05) is 5.54 Å². The summed E-state index contributed by atoms with van der Waals surface area (Å²) in [6.45, 7) is 9.76. The first-order valence-corrected chi connectivity index (χ1v) is 13.1. The lowest BCUT2D eigenvalue weighted by Gasteiger charge is -2.45. The second-order valence-corrected chi connectivity index (χ2v) is 11.7. The van der Waals surface area contributed by atoms with E-state index >= 15 is 0 Å². The SMILES string of the molecule is COc1ccc(C(C(=O)NC(C)(C)C)N2C(=O)C(C3Cc4ccccc4C3)NC(=O)C2CC(C)C)cc1. The number of piperazine rings is 1.